The zero-order chi connectivity index (χ0) is 17.1. The summed E-state index contributed by atoms with van der Waals surface area (Å²) in [6, 6.07) is 11.2. The summed E-state index contributed by atoms with van der Waals surface area (Å²) < 4.78 is 0. The Morgan fingerprint density at radius 3 is 2.75 bits per heavy atom. The maximum absolute atomic E-state index is 12.7. The highest BCUT2D eigenvalue weighted by Crippen LogP contribution is 2.34. The van der Waals surface area contributed by atoms with E-state index in [9.17, 15) is 4.79 Å². The van der Waals surface area contributed by atoms with E-state index in [-0.39, 0.29) is 18.0 Å². The second-order valence-corrected chi connectivity index (χ2v) is 6.75. The van der Waals surface area contributed by atoms with E-state index in [1.54, 1.807) is 36.5 Å². The van der Waals surface area contributed by atoms with Crippen LogP contribution >= 0.6 is 23.2 Å². The molecule has 1 aliphatic rings. The third-order valence-corrected chi connectivity index (χ3v) is 4.67. The number of hydrogen-bond donors (Lipinski definition) is 0. The number of rotatable bonds is 5. The molecule has 1 saturated carbocycles. The van der Waals surface area contributed by atoms with Gasteiger partial charge in [-0.25, -0.2) is 0 Å². The van der Waals surface area contributed by atoms with Crippen molar-refractivity contribution in [1.82, 2.24) is 9.88 Å². The average Bonchev–Trinajstić information content (AvgIpc) is 3.41. The predicted octanol–water partition coefficient (Wildman–Crippen LogP) is 5.15. The van der Waals surface area contributed by atoms with E-state index in [0.717, 1.165) is 24.1 Å². The average molecular weight is 361 g/mol. The molecule has 3 nitrogen and oxygen atoms in total. The number of carbonyl (C=O) groups excluding carboxylic acids is 1. The van der Waals surface area contributed by atoms with Gasteiger partial charge in [0.1, 0.15) is 0 Å². The molecule has 1 fully saturated rings. The molecule has 1 amide bonds. The molecule has 124 valence electrons. The molecule has 0 aliphatic heterocycles. The summed E-state index contributed by atoms with van der Waals surface area (Å²) in [5.74, 6) is -0.0355. The van der Waals surface area contributed by atoms with Gasteiger partial charge >= 0.3 is 0 Å². The van der Waals surface area contributed by atoms with E-state index < -0.39 is 0 Å². The largest absolute Gasteiger partial charge is 0.328 e. The summed E-state index contributed by atoms with van der Waals surface area (Å²) in [4.78, 5) is 19.0. The molecule has 0 saturated heterocycles. The lowest BCUT2D eigenvalue weighted by atomic mass is 10.1. The Morgan fingerprint density at radius 1 is 1.29 bits per heavy atom. The molecule has 3 rings (SSSR count). The number of pyridine rings is 1. The molecule has 0 spiro atoms. The quantitative estimate of drug-likeness (QED) is 0.690. The predicted molar refractivity (Wildman–Crippen MR) is 98.0 cm³/mol. The molecule has 2 aromatic rings. The third-order valence-electron chi connectivity index (χ3n) is 4.09. The molecule has 1 unspecified atom stereocenters. The molecule has 1 heterocycles. The van der Waals surface area contributed by atoms with Crippen LogP contribution in [0.5, 0.6) is 0 Å². The summed E-state index contributed by atoms with van der Waals surface area (Å²) in [6.07, 6.45) is 7.11. The molecule has 0 radical (unpaired) electrons. The maximum atomic E-state index is 12.7. The lowest BCUT2D eigenvalue weighted by Crippen LogP contribution is -2.34. The van der Waals surface area contributed by atoms with Crippen LogP contribution in [-0.2, 0) is 4.79 Å². The van der Waals surface area contributed by atoms with E-state index in [0.29, 0.717) is 10.0 Å². The highest BCUT2D eigenvalue weighted by Gasteiger charge is 2.35. The van der Waals surface area contributed by atoms with Crippen molar-refractivity contribution in [1.29, 1.82) is 0 Å². The Labute approximate surface area is 151 Å². The molecule has 1 aliphatic carbocycles. The van der Waals surface area contributed by atoms with Crippen LogP contribution < -0.4 is 0 Å². The fourth-order valence-corrected chi connectivity index (χ4v) is 3.06. The van der Waals surface area contributed by atoms with Crippen molar-refractivity contribution < 1.29 is 4.79 Å². The number of carbonyl (C=O) groups is 1. The van der Waals surface area contributed by atoms with Gasteiger partial charge in [-0.15, -0.1) is 0 Å². The SMILES string of the molecule is CC(c1ccccn1)N(C(=O)/C=C/c1cc(Cl)ccc1Cl)C1CC1. The van der Waals surface area contributed by atoms with Crippen LogP contribution in [0.3, 0.4) is 0 Å². The minimum Gasteiger partial charge on any atom is -0.328 e. The molecule has 0 bridgehead atoms. The van der Waals surface area contributed by atoms with Crippen LogP contribution in [0.15, 0.2) is 48.7 Å². The Morgan fingerprint density at radius 2 is 2.08 bits per heavy atom. The van der Waals surface area contributed by atoms with E-state index in [2.05, 4.69) is 4.98 Å². The van der Waals surface area contributed by atoms with E-state index >= 15 is 0 Å². The Hall–Kier alpha value is -1.84. The van der Waals surface area contributed by atoms with Gasteiger partial charge in [-0.2, -0.15) is 0 Å². The summed E-state index contributed by atoms with van der Waals surface area (Å²) in [6.45, 7) is 2.01. The molecule has 1 aromatic heterocycles. The fraction of sp³-hybridized carbons (Fsp3) is 0.263. The van der Waals surface area contributed by atoms with E-state index in [1.165, 1.54) is 0 Å². The summed E-state index contributed by atoms with van der Waals surface area (Å²) in [5.41, 5.74) is 1.63. The molecular weight excluding hydrogens is 343 g/mol. The molecule has 1 aromatic carbocycles. The van der Waals surface area contributed by atoms with Crippen molar-refractivity contribution in [2.75, 3.05) is 0 Å². The van der Waals surface area contributed by atoms with Crippen molar-refractivity contribution >= 4 is 35.2 Å². The van der Waals surface area contributed by atoms with Crippen molar-refractivity contribution in [3.8, 4) is 0 Å². The Kier molecular flexibility index (Phi) is 5.22. The number of amides is 1. The second-order valence-electron chi connectivity index (χ2n) is 5.91. The zero-order valence-corrected chi connectivity index (χ0v) is 14.8. The van der Waals surface area contributed by atoms with Gasteiger partial charge in [0.2, 0.25) is 5.91 Å². The number of halogens is 2. The number of benzene rings is 1. The van der Waals surface area contributed by atoms with Crippen LogP contribution in [0.25, 0.3) is 6.08 Å². The third kappa shape index (κ3) is 3.97. The normalized spacial score (nSPS) is 15.5. The van der Waals surface area contributed by atoms with Crippen molar-refractivity contribution in [3.63, 3.8) is 0 Å². The highest BCUT2D eigenvalue weighted by molar-refractivity contribution is 6.34. The van der Waals surface area contributed by atoms with Crippen molar-refractivity contribution in [2.24, 2.45) is 0 Å². The first-order valence-electron chi connectivity index (χ1n) is 7.92. The lowest BCUT2D eigenvalue weighted by Gasteiger charge is -2.28. The standard InChI is InChI=1S/C19H18Cl2N2O/c1-13(18-4-2-3-11-22-18)23(16-7-8-16)19(24)10-5-14-12-15(20)6-9-17(14)21/h2-6,9-13,16H,7-8H2,1H3/b10-5+. The summed E-state index contributed by atoms with van der Waals surface area (Å²) >= 11 is 12.1. The molecule has 5 heteroatoms. The van der Waals surface area contributed by atoms with Crippen LogP contribution in [0, 0.1) is 0 Å². The topological polar surface area (TPSA) is 33.2 Å². The number of nitrogens with zero attached hydrogens (tertiary/aromatic N) is 2. The Bertz CT molecular complexity index is 757. The molecule has 1 atom stereocenters. The second kappa shape index (κ2) is 7.37. The van der Waals surface area contributed by atoms with Crippen molar-refractivity contribution in [2.45, 2.75) is 31.8 Å². The van der Waals surface area contributed by atoms with E-state index in [4.69, 9.17) is 23.2 Å². The van der Waals surface area contributed by atoms with Crippen LogP contribution in [0.4, 0.5) is 0 Å². The van der Waals surface area contributed by atoms with Gasteiger partial charge in [0.25, 0.3) is 0 Å². The van der Waals surface area contributed by atoms with Gasteiger partial charge in [0, 0.05) is 28.4 Å². The number of aromatic nitrogens is 1. The summed E-state index contributed by atoms with van der Waals surface area (Å²) in [7, 11) is 0. The fourth-order valence-electron chi connectivity index (χ4n) is 2.69. The smallest absolute Gasteiger partial charge is 0.247 e. The molecular formula is C19H18Cl2N2O. The van der Waals surface area contributed by atoms with Gasteiger partial charge in [0.15, 0.2) is 0 Å². The first kappa shape index (κ1) is 17.0. The van der Waals surface area contributed by atoms with Gasteiger partial charge in [-0.05, 0) is 61.7 Å². The van der Waals surface area contributed by atoms with Gasteiger partial charge in [-0.1, -0.05) is 29.3 Å². The number of hydrogen-bond acceptors (Lipinski definition) is 2. The Balaban J connectivity index is 1.80. The first-order valence-corrected chi connectivity index (χ1v) is 8.68. The maximum Gasteiger partial charge on any atom is 0.247 e. The first-order chi connectivity index (χ1) is 11.6. The van der Waals surface area contributed by atoms with Crippen LogP contribution in [-0.4, -0.2) is 21.8 Å². The zero-order valence-electron chi connectivity index (χ0n) is 13.3. The summed E-state index contributed by atoms with van der Waals surface area (Å²) in [5, 5.41) is 1.16. The lowest BCUT2D eigenvalue weighted by molar-refractivity contribution is -0.128. The molecule has 24 heavy (non-hydrogen) atoms. The minimum absolute atomic E-state index is 0.0355. The van der Waals surface area contributed by atoms with Gasteiger partial charge < -0.3 is 4.90 Å². The minimum atomic E-state index is -0.0642. The van der Waals surface area contributed by atoms with Gasteiger partial charge in [-0.3, -0.25) is 9.78 Å². The van der Waals surface area contributed by atoms with Crippen LogP contribution in [0.2, 0.25) is 10.0 Å². The highest BCUT2D eigenvalue weighted by atomic mass is 35.5. The van der Waals surface area contributed by atoms with Crippen molar-refractivity contribution in [3.05, 3.63) is 70.0 Å². The van der Waals surface area contributed by atoms with Gasteiger partial charge in [0.05, 0.1) is 11.7 Å². The monoisotopic (exact) mass is 360 g/mol. The van der Waals surface area contributed by atoms with E-state index in [1.807, 2.05) is 30.0 Å². The molecule has 0 N–H and O–H groups in total. The van der Waals surface area contributed by atoms with Crippen LogP contribution in [0.1, 0.15) is 37.1 Å².